The Balaban J connectivity index is 1.65. The van der Waals surface area contributed by atoms with Gasteiger partial charge in [0.25, 0.3) is 0 Å². The Morgan fingerprint density at radius 2 is 1.70 bits per heavy atom. The van der Waals surface area contributed by atoms with E-state index < -0.39 is 12.1 Å². The van der Waals surface area contributed by atoms with E-state index in [1.54, 1.807) is 0 Å². The molecule has 2 aromatic rings. The number of carbonyl (C=O) groups excluding carboxylic acids is 2. The van der Waals surface area contributed by atoms with Gasteiger partial charge in [-0.05, 0) is 36.7 Å². The molecule has 0 bridgehead atoms. The van der Waals surface area contributed by atoms with E-state index in [9.17, 15) is 9.59 Å². The minimum Gasteiger partial charge on any atom is -0.369 e. The molecule has 0 aliphatic carbocycles. The summed E-state index contributed by atoms with van der Waals surface area (Å²) < 4.78 is 0. The first kappa shape index (κ1) is 21.6. The van der Waals surface area contributed by atoms with E-state index in [0.29, 0.717) is 6.54 Å². The van der Waals surface area contributed by atoms with Gasteiger partial charge in [0.15, 0.2) is 0 Å². The molecule has 1 heterocycles. The fourth-order valence-corrected chi connectivity index (χ4v) is 3.86. The van der Waals surface area contributed by atoms with Crippen LogP contribution in [0.25, 0.3) is 0 Å². The van der Waals surface area contributed by atoms with Crippen LogP contribution in [0.2, 0.25) is 0 Å². The van der Waals surface area contributed by atoms with Crippen molar-refractivity contribution >= 4 is 17.6 Å². The van der Waals surface area contributed by atoms with Crippen molar-refractivity contribution in [3.63, 3.8) is 0 Å². The molecular weight excluding hydrogens is 378 g/mol. The molecule has 1 aliphatic rings. The van der Waals surface area contributed by atoms with Gasteiger partial charge in [-0.2, -0.15) is 0 Å². The van der Waals surface area contributed by atoms with Crippen LogP contribution in [-0.4, -0.2) is 50.1 Å². The summed E-state index contributed by atoms with van der Waals surface area (Å²) in [6.07, 6.45) is 0.129. The third kappa shape index (κ3) is 5.73. The average molecular weight is 410 g/mol. The lowest BCUT2D eigenvalue weighted by Crippen LogP contribution is -2.45. The fourth-order valence-electron chi connectivity index (χ4n) is 3.86. The first-order valence-corrected chi connectivity index (χ1v) is 10.3. The van der Waals surface area contributed by atoms with Crippen molar-refractivity contribution in [3.8, 4) is 0 Å². The zero-order valence-corrected chi connectivity index (χ0v) is 17.7. The molecule has 3 rings (SSSR count). The molecule has 3 amide bonds. The largest absolute Gasteiger partial charge is 0.369 e. The number of aryl methyl sites for hydroxylation is 1. The molecule has 4 N–H and O–H groups in total. The van der Waals surface area contributed by atoms with E-state index in [4.69, 9.17) is 5.73 Å². The van der Waals surface area contributed by atoms with Gasteiger partial charge in [-0.1, -0.05) is 42.5 Å². The van der Waals surface area contributed by atoms with Gasteiger partial charge in [-0.3, -0.25) is 4.79 Å². The summed E-state index contributed by atoms with van der Waals surface area (Å²) in [4.78, 5) is 28.9. The van der Waals surface area contributed by atoms with Crippen molar-refractivity contribution in [2.75, 3.05) is 38.1 Å². The number of nitrogens with one attached hydrogen (secondary N) is 2. The van der Waals surface area contributed by atoms with Gasteiger partial charge < -0.3 is 26.2 Å². The monoisotopic (exact) mass is 409 g/mol. The molecule has 1 unspecified atom stereocenters. The molecule has 1 saturated heterocycles. The molecule has 7 nitrogen and oxygen atoms in total. The highest BCUT2D eigenvalue weighted by Gasteiger charge is 2.20. The van der Waals surface area contributed by atoms with Gasteiger partial charge in [0, 0.05) is 38.4 Å². The second-order valence-corrected chi connectivity index (χ2v) is 7.82. The van der Waals surface area contributed by atoms with Crippen LogP contribution in [0.4, 0.5) is 10.5 Å². The Kier molecular flexibility index (Phi) is 7.30. The molecule has 2 aromatic carbocycles. The van der Waals surface area contributed by atoms with Gasteiger partial charge in [-0.15, -0.1) is 0 Å². The van der Waals surface area contributed by atoms with Gasteiger partial charge in [-0.25, -0.2) is 4.79 Å². The zero-order valence-electron chi connectivity index (χ0n) is 17.7. The predicted octanol–water partition coefficient (Wildman–Crippen LogP) is 2.16. The Hall–Kier alpha value is -3.06. The molecule has 0 radical (unpaired) electrons. The molecule has 0 spiro atoms. The summed E-state index contributed by atoms with van der Waals surface area (Å²) >= 11 is 0. The molecule has 0 aromatic heterocycles. The van der Waals surface area contributed by atoms with Crippen LogP contribution in [0, 0.1) is 6.92 Å². The maximum absolute atomic E-state index is 12.7. The lowest BCUT2D eigenvalue weighted by atomic mass is 9.98. The topological polar surface area (TPSA) is 90.7 Å². The van der Waals surface area contributed by atoms with Crippen molar-refractivity contribution in [1.82, 2.24) is 15.5 Å². The van der Waals surface area contributed by atoms with Crippen LogP contribution in [0.5, 0.6) is 0 Å². The number of amides is 3. The number of para-hydroxylation sites is 1. The Morgan fingerprint density at radius 1 is 1.03 bits per heavy atom. The summed E-state index contributed by atoms with van der Waals surface area (Å²) in [6, 6.07) is 14.8. The number of hydrogen-bond donors (Lipinski definition) is 3. The Labute approximate surface area is 178 Å². The van der Waals surface area contributed by atoms with Gasteiger partial charge >= 0.3 is 6.03 Å². The third-order valence-electron chi connectivity index (χ3n) is 5.58. The summed E-state index contributed by atoms with van der Waals surface area (Å²) in [5.74, 6) is -0.134. The van der Waals surface area contributed by atoms with Crippen LogP contribution < -0.4 is 21.3 Å². The number of urea groups is 1. The van der Waals surface area contributed by atoms with Gasteiger partial charge in [0.1, 0.15) is 0 Å². The number of hydrogen-bond acceptors (Lipinski definition) is 4. The smallest absolute Gasteiger partial charge is 0.312 e. The quantitative estimate of drug-likeness (QED) is 0.654. The van der Waals surface area contributed by atoms with E-state index in [1.165, 1.54) is 0 Å². The van der Waals surface area contributed by atoms with Crippen molar-refractivity contribution in [1.29, 1.82) is 0 Å². The lowest BCUT2D eigenvalue weighted by molar-refractivity contribution is -0.121. The summed E-state index contributed by atoms with van der Waals surface area (Å²) in [6.45, 7) is 6.39. The Bertz CT molecular complexity index is 877. The van der Waals surface area contributed by atoms with E-state index in [-0.39, 0.29) is 12.3 Å². The molecule has 1 aliphatic heterocycles. The molecule has 1 atom stereocenters. The Morgan fingerprint density at radius 3 is 2.40 bits per heavy atom. The molecule has 7 heteroatoms. The summed E-state index contributed by atoms with van der Waals surface area (Å²) in [7, 11) is 2.13. The SMILES string of the molecule is Cc1ccccc1C(CC(=O)NCc1ccccc1N1CCN(C)CC1)NC(N)=O. The zero-order chi connectivity index (χ0) is 21.5. The summed E-state index contributed by atoms with van der Waals surface area (Å²) in [5.41, 5.74) is 9.49. The highest BCUT2D eigenvalue weighted by atomic mass is 16.2. The summed E-state index contributed by atoms with van der Waals surface area (Å²) in [5, 5.41) is 5.71. The minimum absolute atomic E-state index is 0.129. The number of benzene rings is 2. The maximum Gasteiger partial charge on any atom is 0.312 e. The number of nitrogens with zero attached hydrogens (tertiary/aromatic N) is 2. The number of carbonyl (C=O) groups is 2. The third-order valence-corrected chi connectivity index (χ3v) is 5.58. The number of nitrogens with two attached hydrogens (primary N) is 1. The van der Waals surface area contributed by atoms with Crippen LogP contribution in [0.15, 0.2) is 48.5 Å². The van der Waals surface area contributed by atoms with Crippen LogP contribution >= 0.6 is 0 Å². The molecule has 30 heavy (non-hydrogen) atoms. The van der Waals surface area contributed by atoms with Crippen LogP contribution in [0.1, 0.15) is 29.2 Å². The number of anilines is 1. The molecule has 160 valence electrons. The van der Waals surface area contributed by atoms with Crippen molar-refractivity contribution in [2.45, 2.75) is 25.9 Å². The first-order valence-electron chi connectivity index (χ1n) is 10.3. The molecule has 0 saturated carbocycles. The standard InChI is InChI=1S/C23H31N5O2/c1-17-7-3-5-9-19(17)20(26-23(24)30)15-22(29)25-16-18-8-4-6-10-21(18)28-13-11-27(2)12-14-28/h3-10,20H,11-16H2,1-2H3,(H,25,29)(H3,24,26,30). The van der Waals surface area contributed by atoms with Crippen LogP contribution in [0.3, 0.4) is 0 Å². The predicted molar refractivity (Wildman–Crippen MR) is 119 cm³/mol. The molecular formula is C23H31N5O2. The molecule has 1 fully saturated rings. The van der Waals surface area contributed by atoms with Crippen molar-refractivity contribution < 1.29 is 9.59 Å². The van der Waals surface area contributed by atoms with E-state index in [1.807, 2.05) is 43.3 Å². The normalized spacial score (nSPS) is 15.5. The van der Waals surface area contributed by atoms with Crippen molar-refractivity contribution in [2.24, 2.45) is 5.73 Å². The van der Waals surface area contributed by atoms with Crippen LogP contribution in [-0.2, 0) is 11.3 Å². The second kappa shape index (κ2) is 10.1. The maximum atomic E-state index is 12.7. The van der Waals surface area contributed by atoms with E-state index in [0.717, 1.165) is 48.6 Å². The highest BCUT2D eigenvalue weighted by molar-refractivity contribution is 5.79. The highest BCUT2D eigenvalue weighted by Crippen LogP contribution is 2.23. The first-order chi connectivity index (χ1) is 14.4. The number of piperazine rings is 1. The fraction of sp³-hybridized carbons (Fsp3) is 0.391. The number of likely N-dealkylation sites (N-methyl/N-ethyl adjacent to an activating group) is 1. The average Bonchev–Trinajstić information content (AvgIpc) is 2.73. The van der Waals surface area contributed by atoms with Gasteiger partial charge in [0.05, 0.1) is 12.5 Å². The second-order valence-electron chi connectivity index (χ2n) is 7.82. The lowest BCUT2D eigenvalue weighted by Gasteiger charge is -2.35. The van der Waals surface area contributed by atoms with E-state index in [2.05, 4.69) is 39.6 Å². The minimum atomic E-state index is -0.642. The number of primary amides is 1. The van der Waals surface area contributed by atoms with Gasteiger partial charge in [0.2, 0.25) is 5.91 Å². The van der Waals surface area contributed by atoms with E-state index >= 15 is 0 Å². The number of rotatable bonds is 7. The van der Waals surface area contributed by atoms with Crippen molar-refractivity contribution in [3.05, 3.63) is 65.2 Å².